The highest BCUT2D eigenvalue weighted by Crippen LogP contribution is 2.16. The molecule has 0 N–H and O–H groups in total. The molecule has 0 aliphatic rings. The lowest BCUT2D eigenvalue weighted by Crippen LogP contribution is -2.30. The van der Waals surface area contributed by atoms with Gasteiger partial charge in [0.25, 0.3) is 0 Å². The summed E-state index contributed by atoms with van der Waals surface area (Å²) in [4.78, 5) is 38.1. The molecule has 6 nitrogen and oxygen atoms in total. The van der Waals surface area contributed by atoms with Gasteiger partial charge in [0.15, 0.2) is 6.10 Å². The quantitative estimate of drug-likeness (QED) is 0.0262. The van der Waals surface area contributed by atoms with Crippen molar-refractivity contribution in [1.82, 2.24) is 0 Å². The van der Waals surface area contributed by atoms with Crippen molar-refractivity contribution < 1.29 is 28.6 Å². The second-order valence-electron chi connectivity index (χ2n) is 18.8. The molecule has 0 radical (unpaired) electrons. The molecule has 0 heterocycles. The molecule has 0 saturated carbocycles. The Kier molecular flexibility index (Phi) is 51.8. The lowest BCUT2D eigenvalue weighted by Gasteiger charge is -2.18. The van der Waals surface area contributed by atoms with Gasteiger partial charge in [0.05, 0.1) is 0 Å². The lowest BCUT2D eigenvalue weighted by atomic mass is 10.1. The third-order valence-electron chi connectivity index (χ3n) is 12.3. The molecule has 65 heavy (non-hydrogen) atoms. The Morgan fingerprint density at radius 3 is 0.954 bits per heavy atom. The van der Waals surface area contributed by atoms with E-state index >= 15 is 0 Å². The molecule has 0 aliphatic carbocycles. The van der Waals surface area contributed by atoms with E-state index in [-0.39, 0.29) is 31.1 Å². The average molecular weight is 911 g/mol. The summed E-state index contributed by atoms with van der Waals surface area (Å²) in [6, 6.07) is 0. The molecule has 0 fully saturated rings. The first-order valence-corrected chi connectivity index (χ1v) is 28.1. The van der Waals surface area contributed by atoms with Gasteiger partial charge in [-0.15, -0.1) is 0 Å². The minimum Gasteiger partial charge on any atom is -0.462 e. The summed E-state index contributed by atoms with van der Waals surface area (Å²) in [6.45, 7) is 6.54. The first kappa shape index (κ1) is 62.4. The Balaban J connectivity index is 4.32. The molecular formula is C59H106O6. The summed E-state index contributed by atoms with van der Waals surface area (Å²) in [6.07, 6.45) is 65.3. The number of rotatable bonds is 51. The van der Waals surface area contributed by atoms with Crippen molar-refractivity contribution in [2.75, 3.05) is 13.2 Å². The molecule has 378 valence electrons. The number of unbranched alkanes of at least 4 members (excludes halogenated alkanes) is 32. The highest BCUT2D eigenvalue weighted by molar-refractivity contribution is 5.71. The standard InChI is InChI=1S/C59H106O6/c1-4-7-10-13-16-19-22-24-26-28-29-31-32-34-37-40-43-46-49-52-58(61)64-55-56(54-63-57(60)51-48-45-42-39-36-21-18-15-12-9-6-3)65-59(62)53-50-47-44-41-38-35-33-30-27-25-23-20-17-14-11-8-5-2/h7,10,16,19,24-27,56H,4-6,8-9,11-15,17-18,20-23,28-55H2,1-3H3/b10-7-,19-16-,26-24-,27-25-. The van der Waals surface area contributed by atoms with Crippen LogP contribution in [0.1, 0.15) is 290 Å². The number of hydrogen-bond acceptors (Lipinski definition) is 6. The van der Waals surface area contributed by atoms with E-state index in [1.807, 2.05) is 0 Å². The van der Waals surface area contributed by atoms with Crippen LogP contribution in [0, 0.1) is 0 Å². The summed E-state index contributed by atoms with van der Waals surface area (Å²) >= 11 is 0. The van der Waals surface area contributed by atoms with E-state index in [1.54, 1.807) is 0 Å². The average Bonchev–Trinajstić information content (AvgIpc) is 3.30. The van der Waals surface area contributed by atoms with Crippen LogP contribution < -0.4 is 0 Å². The van der Waals surface area contributed by atoms with Crippen molar-refractivity contribution in [3.05, 3.63) is 48.6 Å². The van der Waals surface area contributed by atoms with Crippen molar-refractivity contribution in [2.45, 2.75) is 297 Å². The topological polar surface area (TPSA) is 78.9 Å². The second-order valence-corrected chi connectivity index (χ2v) is 18.8. The van der Waals surface area contributed by atoms with Crippen LogP contribution in [0.3, 0.4) is 0 Å². The molecule has 0 spiro atoms. The van der Waals surface area contributed by atoms with E-state index in [0.29, 0.717) is 19.3 Å². The summed E-state index contributed by atoms with van der Waals surface area (Å²) in [7, 11) is 0. The molecule has 1 unspecified atom stereocenters. The fourth-order valence-electron chi connectivity index (χ4n) is 8.10. The van der Waals surface area contributed by atoms with Gasteiger partial charge < -0.3 is 14.2 Å². The van der Waals surface area contributed by atoms with Crippen molar-refractivity contribution in [1.29, 1.82) is 0 Å². The molecule has 0 aromatic heterocycles. The van der Waals surface area contributed by atoms with Gasteiger partial charge in [0, 0.05) is 19.3 Å². The molecule has 0 rings (SSSR count). The van der Waals surface area contributed by atoms with Crippen molar-refractivity contribution in [3.63, 3.8) is 0 Å². The van der Waals surface area contributed by atoms with Gasteiger partial charge in [-0.1, -0.05) is 243 Å². The zero-order valence-corrected chi connectivity index (χ0v) is 43.3. The normalized spacial score (nSPS) is 12.4. The zero-order valence-electron chi connectivity index (χ0n) is 43.3. The van der Waals surface area contributed by atoms with Crippen LogP contribution in [0.5, 0.6) is 0 Å². The Hall–Kier alpha value is -2.63. The van der Waals surface area contributed by atoms with Gasteiger partial charge in [0.1, 0.15) is 13.2 Å². The number of ether oxygens (including phenoxy) is 3. The molecule has 0 amide bonds. The van der Waals surface area contributed by atoms with Gasteiger partial charge in [-0.2, -0.15) is 0 Å². The molecule has 1 atom stereocenters. The number of esters is 3. The maximum Gasteiger partial charge on any atom is 0.306 e. The lowest BCUT2D eigenvalue weighted by molar-refractivity contribution is -0.167. The predicted molar refractivity (Wildman–Crippen MR) is 279 cm³/mol. The van der Waals surface area contributed by atoms with Crippen molar-refractivity contribution in [3.8, 4) is 0 Å². The predicted octanol–water partition coefficient (Wildman–Crippen LogP) is 18.7. The van der Waals surface area contributed by atoms with E-state index in [2.05, 4.69) is 69.4 Å². The van der Waals surface area contributed by atoms with Gasteiger partial charge in [-0.3, -0.25) is 14.4 Å². The third-order valence-corrected chi connectivity index (χ3v) is 12.3. The SMILES string of the molecule is CC/C=C\C/C=C\C/C=C\CCCCCCCCCCCC(=O)OCC(COC(=O)CCCCCCCCCCCCC)OC(=O)CCCCCCCCC/C=C\CCCCCCCC. The molecule has 0 aliphatic heterocycles. The summed E-state index contributed by atoms with van der Waals surface area (Å²) < 4.78 is 16.8. The van der Waals surface area contributed by atoms with E-state index < -0.39 is 6.10 Å². The van der Waals surface area contributed by atoms with Crippen LogP contribution in [-0.2, 0) is 28.6 Å². The number of carbonyl (C=O) groups is 3. The number of hydrogen-bond donors (Lipinski definition) is 0. The maximum atomic E-state index is 12.8. The van der Waals surface area contributed by atoms with Crippen LogP contribution in [0.4, 0.5) is 0 Å². The fourth-order valence-corrected chi connectivity index (χ4v) is 8.10. The zero-order chi connectivity index (χ0) is 47.2. The highest BCUT2D eigenvalue weighted by atomic mass is 16.6. The molecule has 6 heteroatoms. The van der Waals surface area contributed by atoms with Crippen LogP contribution in [0.25, 0.3) is 0 Å². The maximum absolute atomic E-state index is 12.8. The van der Waals surface area contributed by atoms with E-state index in [4.69, 9.17) is 14.2 Å². The summed E-state index contributed by atoms with van der Waals surface area (Å²) in [5, 5.41) is 0. The largest absolute Gasteiger partial charge is 0.462 e. The molecule has 0 saturated heterocycles. The Morgan fingerprint density at radius 1 is 0.323 bits per heavy atom. The first-order chi connectivity index (χ1) is 32.0. The Bertz CT molecular complexity index is 1140. The summed E-state index contributed by atoms with van der Waals surface area (Å²) in [5.41, 5.74) is 0. The number of carbonyl (C=O) groups excluding carboxylic acids is 3. The monoisotopic (exact) mass is 911 g/mol. The minimum absolute atomic E-state index is 0.0736. The van der Waals surface area contributed by atoms with Crippen molar-refractivity contribution in [2.24, 2.45) is 0 Å². The van der Waals surface area contributed by atoms with Crippen LogP contribution in [0.15, 0.2) is 48.6 Å². The third kappa shape index (κ3) is 52.2. The van der Waals surface area contributed by atoms with E-state index in [9.17, 15) is 14.4 Å². The highest BCUT2D eigenvalue weighted by Gasteiger charge is 2.19. The van der Waals surface area contributed by atoms with Crippen LogP contribution in [0.2, 0.25) is 0 Å². The van der Waals surface area contributed by atoms with Crippen LogP contribution in [-0.4, -0.2) is 37.2 Å². The van der Waals surface area contributed by atoms with E-state index in [0.717, 1.165) is 77.0 Å². The first-order valence-electron chi connectivity index (χ1n) is 28.1. The fraction of sp³-hybridized carbons (Fsp3) is 0.814. The van der Waals surface area contributed by atoms with Gasteiger partial charge in [0.2, 0.25) is 0 Å². The Morgan fingerprint density at radius 2 is 0.600 bits per heavy atom. The second kappa shape index (κ2) is 54.0. The summed E-state index contributed by atoms with van der Waals surface area (Å²) in [5.74, 6) is -0.872. The smallest absolute Gasteiger partial charge is 0.306 e. The van der Waals surface area contributed by atoms with Gasteiger partial charge in [-0.05, 0) is 77.0 Å². The minimum atomic E-state index is -0.774. The van der Waals surface area contributed by atoms with Crippen LogP contribution >= 0.6 is 0 Å². The van der Waals surface area contributed by atoms with Crippen molar-refractivity contribution >= 4 is 17.9 Å². The molecule has 0 aromatic rings. The van der Waals surface area contributed by atoms with E-state index in [1.165, 1.54) is 173 Å². The van der Waals surface area contributed by atoms with Gasteiger partial charge in [-0.25, -0.2) is 0 Å². The van der Waals surface area contributed by atoms with Gasteiger partial charge >= 0.3 is 17.9 Å². The number of allylic oxidation sites excluding steroid dienone is 8. The Labute approximate surface area is 403 Å². The molecule has 0 aromatic carbocycles. The molecular weight excluding hydrogens is 805 g/mol. The molecule has 0 bridgehead atoms.